The van der Waals surface area contributed by atoms with E-state index in [2.05, 4.69) is 10.3 Å². The average molecular weight is 268 g/mol. The van der Waals surface area contributed by atoms with E-state index >= 15 is 0 Å². The molecular formula is C13H14F2N2O2. The van der Waals surface area contributed by atoms with Gasteiger partial charge in [-0.1, -0.05) is 0 Å². The van der Waals surface area contributed by atoms with Crippen LogP contribution >= 0.6 is 0 Å². The van der Waals surface area contributed by atoms with Crippen molar-refractivity contribution >= 4 is 16.6 Å². The molecule has 0 aliphatic rings. The smallest absolute Gasteiger partial charge is 0.152 e. The zero-order chi connectivity index (χ0) is 13.8. The van der Waals surface area contributed by atoms with Gasteiger partial charge in [-0.15, -0.1) is 0 Å². The van der Waals surface area contributed by atoms with Gasteiger partial charge in [-0.2, -0.15) is 0 Å². The largest absolute Gasteiger partial charge is 0.389 e. The summed E-state index contributed by atoms with van der Waals surface area (Å²) in [7, 11) is 1.48. The topological polar surface area (TPSA) is 54.4 Å². The Morgan fingerprint density at radius 3 is 2.95 bits per heavy atom. The highest BCUT2D eigenvalue weighted by Gasteiger charge is 2.10. The quantitative estimate of drug-likeness (QED) is 0.870. The number of hydrogen-bond donors (Lipinski definition) is 2. The van der Waals surface area contributed by atoms with E-state index in [1.165, 1.54) is 19.4 Å². The van der Waals surface area contributed by atoms with Crippen molar-refractivity contribution in [3.05, 3.63) is 36.0 Å². The molecule has 0 spiro atoms. The Bertz CT molecular complexity index is 578. The minimum Gasteiger partial charge on any atom is -0.389 e. The molecule has 1 unspecified atom stereocenters. The summed E-state index contributed by atoms with van der Waals surface area (Å²) in [6.45, 7) is 0.393. The molecule has 0 radical (unpaired) electrons. The van der Waals surface area contributed by atoms with E-state index in [1.54, 1.807) is 6.07 Å². The number of aromatic nitrogens is 1. The lowest BCUT2D eigenvalue weighted by Gasteiger charge is -2.13. The third kappa shape index (κ3) is 3.15. The highest BCUT2D eigenvalue weighted by atomic mass is 19.1. The molecule has 4 nitrogen and oxygen atoms in total. The fraction of sp³-hybridized carbons (Fsp3) is 0.308. The lowest BCUT2D eigenvalue weighted by molar-refractivity contribution is 0.0728. The van der Waals surface area contributed by atoms with Gasteiger partial charge in [-0.05, 0) is 12.1 Å². The third-order valence-corrected chi connectivity index (χ3v) is 2.65. The number of fused-ring (bicyclic) bond motifs is 1. The SMILES string of the molecule is COCC(O)CNc1ccnc2c(F)cc(F)cc12. The zero-order valence-corrected chi connectivity index (χ0v) is 10.4. The fourth-order valence-electron chi connectivity index (χ4n) is 1.81. The second-order valence-corrected chi connectivity index (χ2v) is 4.13. The number of anilines is 1. The summed E-state index contributed by atoms with van der Waals surface area (Å²) < 4.78 is 31.6. The number of rotatable bonds is 5. The molecule has 19 heavy (non-hydrogen) atoms. The number of nitrogens with one attached hydrogen (secondary N) is 1. The molecule has 0 fully saturated rings. The maximum absolute atomic E-state index is 13.5. The van der Waals surface area contributed by atoms with Gasteiger partial charge in [0.25, 0.3) is 0 Å². The molecule has 0 amide bonds. The second-order valence-electron chi connectivity index (χ2n) is 4.13. The van der Waals surface area contributed by atoms with Crippen molar-refractivity contribution < 1.29 is 18.6 Å². The molecule has 1 aromatic heterocycles. The van der Waals surface area contributed by atoms with Crippen LogP contribution in [-0.2, 0) is 4.74 Å². The number of hydrogen-bond acceptors (Lipinski definition) is 4. The van der Waals surface area contributed by atoms with E-state index in [1.807, 2.05) is 0 Å². The van der Waals surface area contributed by atoms with Gasteiger partial charge in [0.15, 0.2) is 5.82 Å². The summed E-state index contributed by atoms with van der Waals surface area (Å²) in [5.74, 6) is -1.38. The van der Waals surface area contributed by atoms with Crippen LogP contribution in [0.15, 0.2) is 24.4 Å². The van der Waals surface area contributed by atoms with Crippen LogP contribution in [0.3, 0.4) is 0 Å². The van der Waals surface area contributed by atoms with Gasteiger partial charge in [0, 0.05) is 37.0 Å². The van der Waals surface area contributed by atoms with Gasteiger partial charge < -0.3 is 15.2 Å². The number of halogens is 2. The first-order chi connectivity index (χ1) is 9.11. The van der Waals surface area contributed by atoms with Crippen LogP contribution < -0.4 is 5.32 Å². The molecule has 2 N–H and O–H groups in total. The maximum atomic E-state index is 13.5. The monoisotopic (exact) mass is 268 g/mol. The first-order valence-corrected chi connectivity index (χ1v) is 5.76. The van der Waals surface area contributed by atoms with Crippen molar-refractivity contribution in [2.75, 3.05) is 25.6 Å². The summed E-state index contributed by atoms with van der Waals surface area (Å²) in [6.07, 6.45) is 0.723. The number of ether oxygens (including phenoxy) is 1. The lowest BCUT2D eigenvalue weighted by Crippen LogP contribution is -2.24. The zero-order valence-electron chi connectivity index (χ0n) is 10.4. The van der Waals surface area contributed by atoms with Crippen molar-refractivity contribution in [3.8, 4) is 0 Å². The second kappa shape index (κ2) is 5.90. The minimum atomic E-state index is -0.712. The number of methoxy groups -OCH3 is 1. The van der Waals surface area contributed by atoms with Crippen LogP contribution in [-0.4, -0.2) is 36.5 Å². The van der Waals surface area contributed by atoms with Crippen LogP contribution in [0, 0.1) is 11.6 Å². The highest BCUT2D eigenvalue weighted by Crippen LogP contribution is 2.24. The van der Waals surface area contributed by atoms with E-state index in [9.17, 15) is 13.9 Å². The number of pyridine rings is 1. The Morgan fingerprint density at radius 2 is 2.21 bits per heavy atom. The molecule has 1 heterocycles. The molecule has 6 heteroatoms. The van der Waals surface area contributed by atoms with Crippen molar-refractivity contribution in [1.82, 2.24) is 4.98 Å². The predicted molar refractivity (Wildman–Crippen MR) is 68.0 cm³/mol. The summed E-state index contributed by atoms with van der Waals surface area (Å²) in [4.78, 5) is 3.88. The van der Waals surface area contributed by atoms with E-state index in [-0.39, 0.29) is 18.7 Å². The van der Waals surface area contributed by atoms with E-state index < -0.39 is 17.7 Å². The highest BCUT2D eigenvalue weighted by molar-refractivity contribution is 5.91. The summed E-state index contributed by atoms with van der Waals surface area (Å²) >= 11 is 0. The van der Waals surface area contributed by atoms with Gasteiger partial charge in [-0.3, -0.25) is 4.98 Å². The Kier molecular flexibility index (Phi) is 4.24. The van der Waals surface area contributed by atoms with Gasteiger partial charge in [0.05, 0.1) is 12.7 Å². The normalized spacial score (nSPS) is 12.6. The summed E-state index contributed by atoms with van der Waals surface area (Å²) in [5, 5.41) is 12.8. The average Bonchev–Trinajstić information content (AvgIpc) is 2.36. The molecule has 0 aliphatic carbocycles. The molecule has 0 bridgehead atoms. The van der Waals surface area contributed by atoms with Gasteiger partial charge >= 0.3 is 0 Å². The van der Waals surface area contributed by atoms with Crippen LogP contribution in [0.4, 0.5) is 14.5 Å². The molecule has 0 saturated heterocycles. The van der Waals surface area contributed by atoms with E-state index in [0.717, 1.165) is 6.07 Å². The third-order valence-electron chi connectivity index (χ3n) is 2.65. The Hall–Kier alpha value is -1.79. The Morgan fingerprint density at radius 1 is 1.42 bits per heavy atom. The predicted octanol–water partition coefficient (Wildman–Crippen LogP) is 1.93. The lowest BCUT2D eigenvalue weighted by atomic mass is 10.1. The molecule has 2 rings (SSSR count). The Balaban J connectivity index is 2.28. The van der Waals surface area contributed by atoms with Crippen LogP contribution in [0.1, 0.15) is 0 Å². The minimum absolute atomic E-state index is 0.0904. The molecule has 0 saturated carbocycles. The number of aliphatic hydroxyl groups excluding tert-OH is 1. The van der Waals surface area contributed by atoms with Crippen LogP contribution in [0.5, 0.6) is 0 Å². The van der Waals surface area contributed by atoms with Crippen LogP contribution in [0.25, 0.3) is 10.9 Å². The number of benzene rings is 1. The van der Waals surface area contributed by atoms with Crippen molar-refractivity contribution in [1.29, 1.82) is 0 Å². The van der Waals surface area contributed by atoms with Crippen molar-refractivity contribution in [3.63, 3.8) is 0 Å². The molecule has 0 aliphatic heterocycles. The fourth-order valence-corrected chi connectivity index (χ4v) is 1.81. The maximum Gasteiger partial charge on any atom is 0.152 e. The number of aliphatic hydroxyl groups is 1. The first-order valence-electron chi connectivity index (χ1n) is 5.76. The number of nitrogens with zero attached hydrogens (tertiary/aromatic N) is 1. The van der Waals surface area contributed by atoms with E-state index in [4.69, 9.17) is 4.74 Å². The summed E-state index contributed by atoms with van der Waals surface area (Å²) in [6, 6.07) is 3.59. The van der Waals surface area contributed by atoms with Gasteiger partial charge in [-0.25, -0.2) is 8.78 Å². The van der Waals surface area contributed by atoms with Crippen molar-refractivity contribution in [2.24, 2.45) is 0 Å². The molecular weight excluding hydrogens is 254 g/mol. The molecule has 2 aromatic rings. The standard InChI is InChI=1S/C13H14F2N2O2/c1-19-7-9(18)6-17-12-2-3-16-13-10(12)4-8(14)5-11(13)15/h2-5,9,18H,6-7H2,1H3,(H,16,17). The molecule has 102 valence electrons. The van der Waals surface area contributed by atoms with Gasteiger partial charge in [0.2, 0.25) is 0 Å². The Labute approximate surface area is 109 Å². The molecule has 1 atom stereocenters. The van der Waals surface area contributed by atoms with Gasteiger partial charge in [0.1, 0.15) is 11.3 Å². The van der Waals surface area contributed by atoms with Crippen LogP contribution in [0.2, 0.25) is 0 Å². The molecule has 1 aromatic carbocycles. The van der Waals surface area contributed by atoms with Crippen molar-refractivity contribution in [2.45, 2.75) is 6.10 Å². The first kappa shape index (κ1) is 13.6. The van der Waals surface area contributed by atoms with E-state index in [0.29, 0.717) is 11.1 Å². The summed E-state index contributed by atoms with van der Waals surface area (Å²) in [5.41, 5.74) is 0.603.